The van der Waals surface area contributed by atoms with E-state index in [1.165, 1.54) is 11.1 Å². The molecular formula is C15H23NO3. The van der Waals surface area contributed by atoms with Gasteiger partial charge in [0, 0.05) is 12.1 Å². The summed E-state index contributed by atoms with van der Waals surface area (Å²) in [6, 6.07) is 4.10. The molecule has 4 heteroatoms. The van der Waals surface area contributed by atoms with Crippen molar-refractivity contribution in [2.24, 2.45) is 0 Å². The molecule has 0 spiro atoms. The van der Waals surface area contributed by atoms with Crippen LogP contribution in [0.2, 0.25) is 0 Å². The number of aliphatic hydroxyl groups excluding tert-OH is 1. The highest BCUT2D eigenvalue weighted by atomic mass is 16.7. The van der Waals surface area contributed by atoms with Crippen LogP contribution in [0.15, 0.2) is 12.1 Å². The van der Waals surface area contributed by atoms with Crippen LogP contribution in [0.4, 0.5) is 0 Å². The lowest BCUT2D eigenvalue weighted by molar-refractivity contribution is 0.0800. The van der Waals surface area contributed by atoms with Gasteiger partial charge in [-0.05, 0) is 57.5 Å². The van der Waals surface area contributed by atoms with E-state index in [-0.39, 0.29) is 12.1 Å². The molecule has 1 aromatic carbocycles. The smallest absolute Gasteiger partial charge is 0.231 e. The van der Waals surface area contributed by atoms with E-state index in [4.69, 9.17) is 9.47 Å². The molecule has 0 atom stereocenters. The van der Waals surface area contributed by atoms with Crippen molar-refractivity contribution in [2.45, 2.75) is 32.7 Å². The van der Waals surface area contributed by atoms with Crippen LogP contribution in [0, 0.1) is 6.92 Å². The number of aliphatic hydroxyl groups is 1. The van der Waals surface area contributed by atoms with Crippen molar-refractivity contribution in [2.75, 3.05) is 27.0 Å². The summed E-state index contributed by atoms with van der Waals surface area (Å²) in [6.07, 6.45) is 0.933. The largest absolute Gasteiger partial charge is 0.454 e. The molecule has 1 aromatic rings. The third kappa shape index (κ3) is 3.01. The van der Waals surface area contributed by atoms with Crippen molar-refractivity contribution in [3.63, 3.8) is 0 Å². The molecule has 1 aliphatic rings. The van der Waals surface area contributed by atoms with Gasteiger partial charge in [0.25, 0.3) is 0 Å². The molecule has 4 nitrogen and oxygen atoms in total. The van der Waals surface area contributed by atoms with Crippen LogP contribution < -0.4 is 9.47 Å². The van der Waals surface area contributed by atoms with Crippen LogP contribution in [0.1, 0.15) is 25.0 Å². The first kappa shape index (κ1) is 14.2. The minimum Gasteiger partial charge on any atom is -0.454 e. The summed E-state index contributed by atoms with van der Waals surface area (Å²) in [4.78, 5) is 2.18. The number of fused-ring (bicyclic) bond motifs is 1. The minimum absolute atomic E-state index is 0.156. The number of hydrogen-bond donors (Lipinski definition) is 1. The van der Waals surface area contributed by atoms with Crippen molar-refractivity contribution in [1.29, 1.82) is 0 Å². The molecule has 1 aliphatic heterocycles. The molecule has 0 radical (unpaired) electrons. The first-order valence-corrected chi connectivity index (χ1v) is 6.65. The van der Waals surface area contributed by atoms with Crippen molar-refractivity contribution < 1.29 is 14.6 Å². The average Bonchev–Trinajstić information content (AvgIpc) is 2.82. The molecule has 19 heavy (non-hydrogen) atoms. The Hall–Kier alpha value is -1.26. The number of ether oxygens (including phenoxy) is 2. The Morgan fingerprint density at radius 1 is 1.26 bits per heavy atom. The molecule has 0 aliphatic carbocycles. The summed E-state index contributed by atoms with van der Waals surface area (Å²) in [6.45, 7) is 7.54. The van der Waals surface area contributed by atoms with Crippen molar-refractivity contribution in [1.82, 2.24) is 4.90 Å². The van der Waals surface area contributed by atoms with Gasteiger partial charge in [-0.25, -0.2) is 0 Å². The third-order valence-electron chi connectivity index (χ3n) is 3.97. The second kappa shape index (κ2) is 5.39. The molecule has 106 valence electrons. The van der Waals surface area contributed by atoms with Crippen LogP contribution in [-0.4, -0.2) is 42.5 Å². The van der Waals surface area contributed by atoms with Gasteiger partial charge in [0.1, 0.15) is 0 Å². The van der Waals surface area contributed by atoms with E-state index in [9.17, 15) is 5.11 Å². The highest BCUT2D eigenvalue weighted by molar-refractivity contribution is 5.48. The topological polar surface area (TPSA) is 41.9 Å². The van der Waals surface area contributed by atoms with Gasteiger partial charge in [-0.3, -0.25) is 4.90 Å². The van der Waals surface area contributed by atoms with E-state index in [1.54, 1.807) is 0 Å². The van der Waals surface area contributed by atoms with Gasteiger partial charge in [-0.1, -0.05) is 0 Å². The summed E-state index contributed by atoms with van der Waals surface area (Å²) < 4.78 is 10.8. The fourth-order valence-corrected chi connectivity index (χ4v) is 2.07. The van der Waals surface area contributed by atoms with E-state index in [0.29, 0.717) is 6.79 Å². The Balaban J connectivity index is 2.04. The predicted molar refractivity (Wildman–Crippen MR) is 74.8 cm³/mol. The molecule has 0 saturated carbocycles. The van der Waals surface area contributed by atoms with Gasteiger partial charge in [-0.2, -0.15) is 0 Å². The summed E-state index contributed by atoms with van der Waals surface area (Å²) in [5, 5.41) is 9.36. The molecule has 1 heterocycles. The monoisotopic (exact) mass is 265 g/mol. The van der Waals surface area contributed by atoms with Gasteiger partial charge in [0.2, 0.25) is 6.79 Å². The fraction of sp³-hybridized carbons (Fsp3) is 0.600. The zero-order valence-corrected chi connectivity index (χ0v) is 12.2. The second-order valence-electron chi connectivity index (χ2n) is 5.77. The highest BCUT2D eigenvalue weighted by Crippen LogP contribution is 2.34. The van der Waals surface area contributed by atoms with Gasteiger partial charge in [0.05, 0.1) is 6.61 Å². The van der Waals surface area contributed by atoms with Crippen LogP contribution in [0.25, 0.3) is 0 Å². The number of benzene rings is 1. The van der Waals surface area contributed by atoms with E-state index >= 15 is 0 Å². The van der Waals surface area contributed by atoms with Crippen LogP contribution >= 0.6 is 0 Å². The lowest BCUT2D eigenvalue weighted by Gasteiger charge is -2.34. The summed E-state index contributed by atoms with van der Waals surface area (Å²) >= 11 is 0. The maximum Gasteiger partial charge on any atom is 0.231 e. The lowest BCUT2D eigenvalue weighted by Crippen LogP contribution is -2.45. The van der Waals surface area contributed by atoms with E-state index in [1.807, 2.05) is 27.0 Å². The fourth-order valence-electron chi connectivity index (χ4n) is 2.07. The standard InChI is InChI=1S/C15H23NO3/c1-11-7-13-14(19-10-18-13)8-12(11)5-6-16(4)15(2,3)9-17/h7-8,17H,5-6,9-10H2,1-4H3. The molecule has 0 bridgehead atoms. The number of aryl methyl sites for hydroxylation is 1. The Kier molecular flexibility index (Phi) is 4.02. The first-order chi connectivity index (χ1) is 8.94. The van der Waals surface area contributed by atoms with Gasteiger partial charge < -0.3 is 14.6 Å². The SMILES string of the molecule is Cc1cc2c(cc1CCN(C)C(C)(C)CO)OCO2. The first-order valence-electron chi connectivity index (χ1n) is 6.65. The average molecular weight is 265 g/mol. The van der Waals surface area contributed by atoms with Crippen LogP contribution in [0.5, 0.6) is 11.5 Å². The van der Waals surface area contributed by atoms with Crippen molar-refractivity contribution in [3.05, 3.63) is 23.3 Å². The molecular weight excluding hydrogens is 242 g/mol. The molecule has 1 N–H and O–H groups in total. The van der Waals surface area contributed by atoms with Crippen molar-refractivity contribution >= 4 is 0 Å². The molecule has 0 fully saturated rings. The Labute approximate surface area is 114 Å². The quantitative estimate of drug-likeness (QED) is 0.884. The molecule has 0 amide bonds. The van der Waals surface area contributed by atoms with E-state index in [2.05, 4.69) is 17.9 Å². The summed E-state index contributed by atoms with van der Waals surface area (Å²) in [7, 11) is 2.04. The van der Waals surface area contributed by atoms with Gasteiger partial charge in [-0.15, -0.1) is 0 Å². The molecule has 0 unspecified atom stereocenters. The van der Waals surface area contributed by atoms with E-state index in [0.717, 1.165) is 24.5 Å². The number of hydrogen-bond acceptors (Lipinski definition) is 4. The number of rotatable bonds is 5. The maximum atomic E-state index is 9.36. The zero-order chi connectivity index (χ0) is 14.0. The van der Waals surface area contributed by atoms with Gasteiger partial charge >= 0.3 is 0 Å². The Bertz CT molecular complexity index is 457. The summed E-state index contributed by atoms with van der Waals surface area (Å²) in [5.74, 6) is 1.68. The summed E-state index contributed by atoms with van der Waals surface area (Å²) in [5.41, 5.74) is 2.30. The number of likely N-dealkylation sites (N-methyl/N-ethyl adjacent to an activating group) is 1. The predicted octanol–water partition coefficient (Wildman–Crippen LogP) is 1.97. The second-order valence-corrected chi connectivity index (χ2v) is 5.77. The Morgan fingerprint density at radius 3 is 2.53 bits per heavy atom. The molecule has 0 saturated heterocycles. The van der Waals surface area contributed by atoms with E-state index < -0.39 is 0 Å². The normalized spacial score (nSPS) is 14.2. The molecule has 2 rings (SSSR count). The zero-order valence-electron chi connectivity index (χ0n) is 12.2. The third-order valence-corrected chi connectivity index (χ3v) is 3.97. The lowest BCUT2D eigenvalue weighted by atomic mass is 10.0. The Morgan fingerprint density at radius 2 is 1.89 bits per heavy atom. The van der Waals surface area contributed by atoms with Gasteiger partial charge in [0.15, 0.2) is 11.5 Å². The highest BCUT2D eigenvalue weighted by Gasteiger charge is 2.22. The van der Waals surface area contributed by atoms with Crippen LogP contribution in [0.3, 0.4) is 0 Å². The minimum atomic E-state index is -0.190. The van der Waals surface area contributed by atoms with Crippen molar-refractivity contribution in [3.8, 4) is 11.5 Å². The maximum absolute atomic E-state index is 9.36. The molecule has 0 aromatic heterocycles. The number of nitrogens with zero attached hydrogens (tertiary/aromatic N) is 1. The van der Waals surface area contributed by atoms with Crippen LogP contribution in [-0.2, 0) is 6.42 Å².